The van der Waals surface area contributed by atoms with Crippen LogP contribution in [0.15, 0.2) is 30.5 Å². The van der Waals surface area contributed by atoms with Gasteiger partial charge in [-0.3, -0.25) is 4.79 Å². The van der Waals surface area contributed by atoms with Crippen LogP contribution in [0.25, 0.3) is 16.9 Å². The molecule has 192 valence electrons. The Morgan fingerprint density at radius 1 is 1.30 bits per heavy atom. The van der Waals surface area contributed by atoms with Crippen LogP contribution < -0.4 is 5.32 Å². The van der Waals surface area contributed by atoms with Crippen LogP contribution in [0.5, 0.6) is 0 Å². The van der Waals surface area contributed by atoms with E-state index < -0.39 is 35.2 Å². The number of benzene rings is 1. The van der Waals surface area contributed by atoms with E-state index in [4.69, 9.17) is 9.47 Å². The van der Waals surface area contributed by atoms with Crippen LogP contribution in [-0.4, -0.2) is 59.2 Å². The number of amides is 2. The first-order valence-corrected chi connectivity index (χ1v) is 11.9. The van der Waals surface area contributed by atoms with Crippen molar-refractivity contribution < 1.29 is 27.8 Å². The van der Waals surface area contributed by atoms with Gasteiger partial charge in [0.2, 0.25) is 5.91 Å². The number of nitriles is 1. The van der Waals surface area contributed by atoms with Crippen LogP contribution in [0.3, 0.4) is 0 Å². The third-order valence-corrected chi connectivity index (χ3v) is 6.81. The lowest BCUT2D eigenvalue weighted by atomic mass is 10.0. The van der Waals surface area contributed by atoms with E-state index >= 15 is 8.78 Å². The van der Waals surface area contributed by atoms with Gasteiger partial charge in [-0.15, -0.1) is 0 Å². The molecule has 0 bridgehead atoms. The molecule has 1 N–H and O–H groups in total. The number of ether oxygens (including phenoxy) is 2. The molecule has 0 radical (unpaired) electrons. The third-order valence-electron chi connectivity index (χ3n) is 6.81. The number of carbonyl (C=O) groups excluding carboxylic acids is 2. The minimum atomic E-state index is -1.13. The summed E-state index contributed by atoms with van der Waals surface area (Å²) in [6.07, 6.45) is 1.92. The summed E-state index contributed by atoms with van der Waals surface area (Å²) in [5.41, 5.74) is 0.511. The van der Waals surface area contributed by atoms with E-state index in [1.807, 2.05) is 19.1 Å². The van der Waals surface area contributed by atoms with Gasteiger partial charge in [-0.1, -0.05) is 0 Å². The van der Waals surface area contributed by atoms with E-state index in [0.717, 1.165) is 17.7 Å². The van der Waals surface area contributed by atoms with Gasteiger partial charge < -0.3 is 24.1 Å². The Bertz CT molecular complexity index is 1420. The molecule has 1 saturated carbocycles. The number of morpholine rings is 1. The maximum atomic E-state index is 15.4. The van der Waals surface area contributed by atoms with E-state index in [9.17, 15) is 14.9 Å². The number of imidazole rings is 1. The van der Waals surface area contributed by atoms with Gasteiger partial charge in [-0.2, -0.15) is 5.26 Å². The van der Waals surface area contributed by atoms with Crippen molar-refractivity contribution >= 4 is 23.3 Å². The second-order valence-electron chi connectivity index (χ2n) is 9.42. The molecule has 2 fully saturated rings. The summed E-state index contributed by atoms with van der Waals surface area (Å²) in [6, 6.07) is 7.68. The van der Waals surface area contributed by atoms with Crippen molar-refractivity contribution in [2.24, 2.45) is 5.41 Å². The fraction of sp³-hybridized carbons (Fsp3) is 0.385. The fourth-order valence-electron chi connectivity index (χ4n) is 4.58. The Balaban J connectivity index is 1.51. The van der Waals surface area contributed by atoms with Crippen LogP contribution in [0.1, 0.15) is 24.1 Å². The van der Waals surface area contributed by atoms with Crippen LogP contribution >= 0.6 is 0 Å². The molecule has 2 aliphatic rings. The highest BCUT2D eigenvalue weighted by Crippen LogP contribution is 2.46. The van der Waals surface area contributed by atoms with E-state index in [0.29, 0.717) is 37.3 Å². The molecule has 0 unspecified atom stereocenters. The average Bonchev–Trinajstić information content (AvgIpc) is 3.61. The molecule has 11 heteroatoms. The number of nitrogens with one attached hydrogen (secondary N) is 1. The fourth-order valence-corrected chi connectivity index (χ4v) is 4.58. The molecule has 1 aliphatic heterocycles. The molecule has 2 aromatic heterocycles. The SMILES string of the molecule is COC(=O)N1CCO[C@@H](Cc2c(-c3c(F)cc(NC(=O)C4(C#N)CC4)cc3F)nc3cc(C)ccn23)C1. The molecular formula is C26H25F2N5O4. The topological polar surface area (TPSA) is 109 Å². The number of anilines is 1. The van der Waals surface area contributed by atoms with Crippen molar-refractivity contribution in [1.82, 2.24) is 14.3 Å². The standard InChI is InChI=1S/C26H25F2N5O4/c1-15-3-6-33-20(12-17-13-32(7-8-37-17)25(35)36-2)23(31-21(33)9-15)22-18(27)10-16(11-19(22)28)30-24(34)26(14-29)4-5-26/h3,6,9-11,17H,4-5,7-8,12-13H2,1-2H3,(H,30,34)/t17-/m0/s1. The van der Waals surface area contributed by atoms with Gasteiger partial charge in [0.15, 0.2) is 0 Å². The minimum absolute atomic E-state index is 0.0734. The summed E-state index contributed by atoms with van der Waals surface area (Å²) in [6.45, 7) is 2.82. The molecule has 5 rings (SSSR count). The predicted molar refractivity (Wildman–Crippen MR) is 129 cm³/mol. The molecule has 0 spiro atoms. The molecule has 2 amide bonds. The monoisotopic (exact) mass is 509 g/mol. The summed E-state index contributed by atoms with van der Waals surface area (Å²) in [5, 5.41) is 11.7. The zero-order valence-corrected chi connectivity index (χ0v) is 20.4. The van der Waals surface area contributed by atoms with E-state index in [2.05, 4.69) is 10.3 Å². The maximum Gasteiger partial charge on any atom is 0.409 e. The van der Waals surface area contributed by atoms with Crippen LogP contribution in [0.4, 0.5) is 19.3 Å². The highest BCUT2D eigenvalue weighted by molar-refractivity contribution is 5.99. The molecule has 1 atom stereocenters. The highest BCUT2D eigenvalue weighted by Gasteiger charge is 2.50. The van der Waals surface area contributed by atoms with Gasteiger partial charge in [-0.05, 0) is 49.6 Å². The number of fused-ring (bicyclic) bond motifs is 1. The number of hydrogen-bond donors (Lipinski definition) is 1. The molecule has 9 nitrogen and oxygen atoms in total. The number of pyridine rings is 1. The van der Waals surface area contributed by atoms with Crippen molar-refractivity contribution in [2.45, 2.75) is 32.3 Å². The number of halogens is 2. The summed E-state index contributed by atoms with van der Waals surface area (Å²) >= 11 is 0. The first-order chi connectivity index (χ1) is 17.7. The van der Waals surface area contributed by atoms with Gasteiger partial charge >= 0.3 is 6.09 Å². The van der Waals surface area contributed by atoms with Crippen LogP contribution in [-0.2, 0) is 20.7 Å². The number of aromatic nitrogens is 2. The van der Waals surface area contributed by atoms with E-state index in [1.165, 1.54) is 12.0 Å². The second-order valence-corrected chi connectivity index (χ2v) is 9.42. The lowest BCUT2D eigenvalue weighted by Gasteiger charge is -2.32. The Hall–Kier alpha value is -4.04. The zero-order valence-electron chi connectivity index (χ0n) is 20.4. The summed E-state index contributed by atoms with van der Waals surface area (Å²) < 4.78 is 43.3. The number of methoxy groups -OCH3 is 1. The number of nitrogens with zero attached hydrogens (tertiary/aromatic N) is 4. The van der Waals surface area contributed by atoms with Crippen molar-refractivity contribution in [3.8, 4) is 17.3 Å². The highest BCUT2D eigenvalue weighted by atomic mass is 19.1. The summed E-state index contributed by atoms with van der Waals surface area (Å²) in [5.74, 6) is -2.38. The van der Waals surface area contributed by atoms with Crippen LogP contribution in [0, 0.1) is 35.3 Å². The van der Waals surface area contributed by atoms with Crippen LogP contribution in [0.2, 0.25) is 0 Å². The Morgan fingerprint density at radius 2 is 2.03 bits per heavy atom. The van der Waals surface area contributed by atoms with Gasteiger partial charge in [0, 0.05) is 24.8 Å². The van der Waals surface area contributed by atoms with Crippen molar-refractivity contribution in [1.29, 1.82) is 5.26 Å². The smallest absolute Gasteiger partial charge is 0.409 e. The molecule has 3 heterocycles. The number of hydrogen-bond acceptors (Lipinski definition) is 6. The molecule has 1 saturated heterocycles. The summed E-state index contributed by atoms with van der Waals surface area (Å²) in [7, 11) is 1.31. The Kier molecular flexibility index (Phi) is 6.29. The lowest BCUT2D eigenvalue weighted by molar-refractivity contribution is -0.119. The number of carbonyl (C=O) groups is 2. The van der Waals surface area contributed by atoms with Gasteiger partial charge in [0.1, 0.15) is 22.7 Å². The van der Waals surface area contributed by atoms with Crippen molar-refractivity contribution in [2.75, 3.05) is 32.1 Å². The molecule has 3 aromatic rings. The van der Waals surface area contributed by atoms with Crippen molar-refractivity contribution in [3.05, 3.63) is 53.4 Å². The molecule has 37 heavy (non-hydrogen) atoms. The molecular weight excluding hydrogens is 484 g/mol. The minimum Gasteiger partial charge on any atom is -0.453 e. The normalized spacial score (nSPS) is 18.4. The zero-order chi connectivity index (χ0) is 26.3. The van der Waals surface area contributed by atoms with Gasteiger partial charge in [-0.25, -0.2) is 18.6 Å². The maximum absolute atomic E-state index is 15.4. The van der Waals surface area contributed by atoms with Gasteiger partial charge in [0.05, 0.1) is 49.4 Å². The molecule has 1 aliphatic carbocycles. The third kappa shape index (κ3) is 4.60. The van der Waals surface area contributed by atoms with E-state index in [-0.39, 0.29) is 29.9 Å². The van der Waals surface area contributed by atoms with Crippen molar-refractivity contribution in [3.63, 3.8) is 0 Å². The Morgan fingerprint density at radius 3 is 2.68 bits per heavy atom. The molecule has 1 aromatic carbocycles. The Labute approximate surface area is 211 Å². The number of aryl methyl sites for hydroxylation is 1. The first-order valence-electron chi connectivity index (χ1n) is 11.9. The van der Waals surface area contributed by atoms with E-state index in [1.54, 1.807) is 16.7 Å². The predicted octanol–water partition coefficient (Wildman–Crippen LogP) is 3.84. The number of rotatable bonds is 5. The van der Waals surface area contributed by atoms with Gasteiger partial charge in [0.25, 0.3) is 0 Å². The quantitative estimate of drug-likeness (QED) is 0.560. The summed E-state index contributed by atoms with van der Waals surface area (Å²) in [4.78, 5) is 30.5. The first kappa shape index (κ1) is 24.6. The second kappa shape index (κ2) is 9.44. The largest absolute Gasteiger partial charge is 0.453 e. The average molecular weight is 510 g/mol. The lowest BCUT2D eigenvalue weighted by Crippen LogP contribution is -2.46.